The molecule has 0 amide bonds. The second kappa shape index (κ2) is 6.42. The molecule has 78 valence electrons. The average Bonchev–Trinajstić information content (AvgIpc) is 2.42. The van der Waals surface area contributed by atoms with Crippen molar-refractivity contribution in [1.82, 2.24) is 5.32 Å². The molecule has 1 aliphatic carbocycles. The third-order valence-corrected chi connectivity index (χ3v) is 3.32. The lowest BCUT2D eigenvalue weighted by Gasteiger charge is -2.23. The molecule has 13 heavy (non-hydrogen) atoms. The average molecular weight is 183 g/mol. The maximum absolute atomic E-state index is 3.63. The molecule has 0 aromatic carbocycles. The Kier molecular flexibility index (Phi) is 5.45. The minimum atomic E-state index is 0.748. The Bertz CT molecular complexity index is 114. The van der Waals surface area contributed by atoms with Crippen LogP contribution in [0.25, 0.3) is 0 Å². The molecular weight excluding hydrogens is 158 g/mol. The Morgan fingerprint density at radius 2 is 1.77 bits per heavy atom. The van der Waals surface area contributed by atoms with Crippen LogP contribution in [0.3, 0.4) is 0 Å². The van der Waals surface area contributed by atoms with E-state index in [0.29, 0.717) is 0 Å². The number of rotatable bonds is 4. The molecule has 1 N–H and O–H groups in total. The third kappa shape index (κ3) is 4.12. The van der Waals surface area contributed by atoms with Gasteiger partial charge in [-0.3, -0.25) is 0 Å². The van der Waals surface area contributed by atoms with Crippen LogP contribution in [0, 0.1) is 5.92 Å². The van der Waals surface area contributed by atoms with E-state index in [4.69, 9.17) is 0 Å². The molecule has 0 heterocycles. The van der Waals surface area contributed by atoms with Gasteiger partial charge >= 0.3 is 0 Å². The van der Waals surface area contributed by atoms with Gasteiger partial charge in [-0.05, 0) is 38.6 Å². The molecule has 1 nitrogen and oxygen atoms in total. The highest BCUT2D eigenvalue weighted by Crippen LogP contribution is 2.25. The Hall–Kier alpha value is -0.0400. The van der Waals surface area contributed by atoms with Crippen LogP contribution in [-0.2, 0) is 0 Å². The summed E-state index contributed by atoms with van der Waals surface area (Å²) in [6, 6.07) is 0.748. The summed E-state index contributed by atoms with van der Waals surface area (Å²) >= 11 is 0. The van der Waals surface area contributed by atoms with E-state index in [9.17, 15) is 0 Å². The van der Waals surface area contributed by atoms with E-state index in [2.05, 4.69) is 19.2 Å². The molecule has 1 fully saturated rings. The predicted molar refractivity (Wildman–Crippen MR) is 58.9 cm³/mol. The Morgan fingerprint density at radius 1 is 1.15 bits per heavy atom. The lowest BCUT2D eigenvalue weighted by molar-refractivity contribution is 0.338. The van der Waals surface area contributed by atoms with Crippen molar-refractivity contribution in [2.45, 2.75) is 64.8 Å². The molecule has 1 atom stereocenters. The van der Waals surface area contributed by atoms with Crippen LogP contribution in [0.4, 0.5) is 0 Å². The summed E-state index contributed by atoms with van der Waals surface area (Å²) in [5.41, 5.74) is 0. The van der Waals surface area contributed by atoms with Crippen molar-refractivity contribution < 1.29 is 0 Å². The Labute approximate surface area is 83.3 Å². The first kappa shape index (κ1) is 11.0. The Balaban J connectivity index is 2.22. The fraction of sp³-hybridized carbons (Fsp3) is 1.00. The Morgan fingerprint density at radius 3 is 2.31 bits per heavy atom. The van der Waals surface area contributed by atoms with Gasteiger partial charge in [0.2, 0.25) is 0 Å². The van der Waals surface area contributed by atoms with Crippen LogP contribution in [0.15, 0.2) is 0 Å². The molecule has 0 saturated heterocycles. The minimum Gasteiger partial charge on any atom is -0.314 e. The van der Waals surface area contributed by atoms with Gasteiger partial charge in [0, 0.05) is 6.04 Å². The predicted octanol–water partition coefficient (Wildman–Crippen LogP) is 3.34. The number of hydrogen-bond acceptors (Lipinski definition) is 1. The van der Waals surface area contributed by atoms with Gasteiger partial charge < -0.3 is 5.32 Å². The highest BCUT2D eigenvalue weighted by atomic mass is 14.9. The molecule has 1 saturated carbocycles. The summed E-state index contributed by atoms with van der Waals surface area (Å²) in [4.78, 5) is 0. The smallest absolute Gasteiger partial charge is 0.00669 e. The first-order valence-corrected chi connectivity index (χ1v) is 6.08. The highest BCUT2D eigenvalue weighted by molar-refractivity contribution is 4.74. The van der Waals surface area contributed by atoms with Gasteiger partial charge in [-0.2, -0.15) is 0 Å². The molecule has 0 aromatic rings. The lowest BCUT2D eigenvalue weighted by Crippen LogP contribution is -2.33. The molecule has 0 aromatic heterocycles. The van der Waals surface area contributed by atoms with Crippen LogP contribution in [-0.4, -0.2) is 12.6 Å². The quantitative estimate of drug-likeness (QED) is 0.659. The van der Waals surface area contributed by atoms with Gasteiger partial charge in [0.15, 0.2) is 0 Å². The topological polar surface area (TPSA) is 12.0 Å². The number of nitrogens with one attached hydrogen (secondary N) is 1. The lowest BCUT2D eigenvalue weighted by atomic mass is 9.93. The summed E-state index contributed by atoms with van der Waals surface area (Å²) in [7, 11) is 0. The van der Waals surface area contributed by atoms with E-state index in [1.165, 1.54) is 51.5 Å². The molecule has 0 radical (unpaired) electrons. The summed E-state index contributed by atoms with van der Waals surface area (Å²) in [6.45, 7) is 5.80. The van der Waals surface area contributed by atoms with Gasteiger partial charge in [0.1, 0.15) is 0 Å². The zero-order valence-electron chi connectivity index (χ0n) is 9.31. The van der Waals surface area contributed by atoms with Crippen molar-refractivity contribution in [3.63, 3.8) is 0 Å². The molecule has 1 rings (SSSR count). The molecular formula is C12H25N. The van der Waals surface area contributed by atoms with Gasteiger partial charge in [-0.1, -0.05) is 32.6 Å². The van der Waals surface area contributed by atoms with Crippen LogP contribution in [0.5, 0.6) is 0 Å². The largest absolute Gasteiger partial charge is 0.314 e. The number of hydrogen-bond donors (Lipinski definition) is 1. The highest BCUT2D eigenvalue weighted by Gasteiger charge is 2.17. The summed E-state index contributed by atoms with van der Waals surface area (Å²) < 4.78 is 0. The molecule has 0 bridgehead atoms. The normalized spacial score (nSPS) is 22.6. The second-order valence-electron chi connectivity index (χ2n) is 4.49. The first-order chi connectivity index (χ1) is 6.34. The minimum absolute atomic E-state index is 0.748. The SMILES string of the molecule is CCCN[C@H](C)C1CCCCCC1. The van der Waals surface area contributed by atoms with Crippen molar-refractivity contribution in [3.8, 4) is 0 Å². The molecule has 0 unspecified atom stereocenters. The fourth-order valence-electron chi connectivity index (χ4n) is 2.35. The van der Waals surface area contributed by atoms with Gasteiger partial charge in [0.25, 0.3) is 0 Å². The molecule has 1 heteroatoms. The summed E-state index contributed by atoms with van der Waals surface area (Å²) in [5.74, 6) is 0.953. The van der Waals surface area contributed by atoms with Crippen molar-refractivity contribution in [2.24, 2.45) is 5.92 Å². The van der Waals surface area contributed by atoms with Crippen molar-refractivity contribution in [3.05, 3.63) is 0 Å². The van der Waals surface area contributed by atoms with Crippen LogP contribution >= 0.6 is 0 Å². The van der Waals surface area contributed by atoms with E-state index in [1.54, 1.807) is 0 Å². The standard InChI is InChI=1S/C12H25N/c1-3-10-13-11(2)12-8-6-4-5-7-9-12/h11-13H,3-10H2,1-2H3/t11-/m1/s1. The summed E-state index contributed by atoms with van der Waals surface area (Å²) in [5, 5.41) is 3.63. The van der Waals surface area contributed by atoms with Gasteiger partial charge in [0.05, 0.1) is 0 Å². The zero-order valence-corrected chi connectivity index (χ0v) is 9.31. The van der Waals surface area contributed by atoms with Crippen molar-refractivity contribution in [1.29, 1.82) is 0 Å². The molecule has 1 aliphatic rings. The van der Waals surface area contributed by atoms with Gasteiger partial charge in [-0.15, -0.1) is 0 Å². The van der Waals surface area contributed by atoms with E-state index >= 15 is 0 Å². The molecule has 0 aliphatic heterocycles. The fourth-order valence-corrected chi connectivity index (χ4v) is 2.35. The van der Waals surface area contributed by atoms with Crippen LogP contribution in [0.2, 0.25) is 0 Å². The van der Waals surface area contributed by atoms with E-state index in [0.717, 1.165) is 12.0 Å². The van der Waals surface area contributed by atoms with Crippen molar-refractivity contribution in [2.75, 3.05) is 6.54 Å². The zero-order chi connectivity index (χ0) is 9.52. The maximum atomic E-state index is 3.63. The second-order valence-corrected chi connectivity index (χ2v) is 4.49. The third-order valence-electron chi connectivity index (χ3n) is 3.32. The van der Waals surface area contributed by atoms with Crippen LogP contribution in [0.1, 0.15) is 58.8 Å². The summed E-state index contributed by atoms with van der Waals surface area (Å²) in [6.07, 6.45) is 10.0. The van der Waals surface area contributed by atoms with E-state index < -0.39 is 0 Å². The van der Waals surface area contributed by atoms with Gasteiger partial charge in [-0.25, -0.2) is 0 Å². The van der Waals surface area contributed by atoms with Crippen molar-refractivity contribution >= 4 is 0 Å². The molecule has 0 spiro atoms. The van der Waals surface area contributed by atoms with E-state index in [-0.39, 0.29) is 0 Å². The first-order valence-electron chi connectivity index (χ1n) is 6.08. The maximum Gasteiger partial charge on any atom is 0.00669 e. The van der Waals surface area contributed by atoms with Crippen LogP contribution < -0.4 is 5.32 Å². The monoisotopic (exact) mass is 183 g/mol. The van der Waals surface area contributed by atoms with E-state index in [1.807, 2.05) is 0 Å².